The number of hydrogen-bond donors (Lipinski definition) is 4. The monoisotopic (exact) mass is 684 g/mol. The van der Waals surface area contributed by atoms with Crippen LogP contribution in [0, 0.1) is 10.8 Å². The molecule has 2 aromatic rings. The summed E-state index contributed by atoms with van der Waals surface area (Å²) in [6.07, 6.45) is -1.23. The Morgan fingerprint density at radius 3 is 1.35 bits per heavy atom. The van der Waals surface area contributed by atoms with Crippen molar-refractivity contribution in [2.45, 2.75) is 65.9 Å². The Balaban J connectivity index is 1.07. The van der Waals surface area contributed by atoms with Crippen LogP contribution < -0.4 is 21.3 Å². The van der Waals surface area contributed by atoms with E-state index in [0.29, 0.717) is 39.6 Å². The molecular weight excluding hydrogens is 636 g/mol. The SMILES string of the molecule is CCC1(COC(=O)NCc2cccc(CNC(=O)OCC(C)OC(=O)NCc3cccc(CNC(=O)OCC4(CC)COC4)c3)c2)COC1. The Morgan fingerprint density at radius 1 is 0.633 bits per heavy atom. The molecule has 0 aliphatic carbocycles. The number of hydrogen-bond acceptors (Lipinski definition) is 10. The van der Waals surface area contributed by atoms with Crippen LogP contribution in [0.25, 0.3) is 0 Å². The summed E-state index contributed by atoms with van der Waals surface area (Å²) < 4.78 is 31.7. The average molecular weight is 685 g/mol. The fraction of sp³-hybridized carbons (Fsp3) is 0.543. The first-order chi connectivity index (χ1) is 23.6. The Morgan fingerprint density at radius 2 is 1.00 bits per heavy atom. The van der Waals surface area contributed by atoms with Crippen molar-refractivity contribution in [2.75, 3.05) is 46.2 Å². The molecule has 2 heterocycles. The summed E-state index contributed by atoms with van der Waals surface area (Å²) in [5.74, 6) is 0. The molecule has 1 unspecified atom stereocenters. The smallest absolute Gasteiger partial charge is 0.407 e. The van der Waals surface area contributed by atoms with E-state index in [4.69, 9.17) is 28.4 Å². The van der Waals surface area contributed by atoms with E-state index in [-0.39, 0.29) is 43.6 Å². The molecule has 2 aromatic carbocycles. The Labute approximate surface area is 286 Å². The topological polar surface area (TPSA) is 172 Å². The van der Waals surface area contributed by atoms with E-state index >= 15 is 0 Å². The lowest BCUT2D eigenvalue weighted by atomic mass is 9.84. The third-order valence-corrected chi connectivity index (χ3v) is 8.64. The van der Waals surface area contributed by atoms with Gasteiger partial charge in [0.25, 0.3) is 0 Å². The van der Waals surface area contributed by atoms with Gasteiger partial charge in [0.05, 0.1) is 37.3 Å². The molecular formula is C35H48N4O10. The highest BCUT2D eigenvalue weighted by atomic mass is 16.6. The molecule has 0 radical (unpaired) electrons. The van der Waals surface area contributed by atoms with Gasteiger partial charge in [0.15, 0.2) is 0 Å². The number of benzene rings is 2. The molecule has 1 atom stereocenters. The molecule has 4 amide bonds. The zero-order chi connectivity index (χ0) is 35.1. The lowest BCUT2D eigenvalue weighted by molar-refractivity contribution is -0.138. The fourth-order valence-corrected chi connectivity index (χ4v) is 5.00. The van der Waals surface area contributed by atoms with Crippen molar-refractivity contribution in [3.05, 3.63) is 70.8 Å². The van der Waals surface area contributed by atoms with Gasteiger partial charge in [0.1, 0.15) is 25.9 Å². The molecule has 0 aromatic heterocycles. The summed E-state index contributed by atoms with van der Waals surface area (Å²) in [5, 5.41) is 10.8. The quantitative estimate of drug-likeness (QED) is 0.174. The molecule has 2 saturated heterocycles. The van der Waals surface area contributed by atoms with Crippen molar-refractivity contribution in [2.24, 2.45) is 10.8 Å². The van der Waals surface area contributed by atoms with Crippen LogP contribution in [0.4, 0.5) is 19.2 Å². The van der Waals surface area contributed by atoms with E-state index in [9.17, 15) is 19.2 Å². The largest absolute Gasteiger partial charge is 0.449 e. The molecule has 4 rings (SSSR count). The number of rotatable bonds is 17. The van der Waals surface area contributed by atoms with Gasteiger partial charge in [0.2, 0.25) is 0 Å². The standard InChI is InChI=1S/C35H48N4O10/c1-4-34(19-44-20-34)23-47-31(41)37-15-27-9-6-8-26(12-27)14-36-30(40)46-18-25(3)49-33(43)39-17-29-11-7-10-28(13-29)16-38-32(42)48-24-35(5-2)21-45-22-35/h6-13,25H,4-5,14-24H2,1-3H3,(H,36,40)(H,37,41)(H,38,42)(H,39,43). The highest BCUT2D eigenvalue weighted by molar-refractivity contribution is 5.69. The Hall–Kier alpha value is -4.56. The van der Waals surface area contributed by atoms with Gasteiger partial charge >= 0.3 is 24.4 Å². The van der Waals surface area contributed by atoms with Gasteiger partial charge in [-0.25, -0.2) is 19.2 Å². The summed E-state index contributed by atoms with van der Waals surface area (Å²) in [6, 6.07) is 14.8. The predicted molar refractivity (Wildman–Crippen MR) is 177 cm³/mol. The molecule has 0 spiro atoms. The maximum Gasteiger partial charge on any atom is 0.407 e. The zero-order valence-electron chi connectivity index (χ0n) is 28.5. The van der Waals surface area contributed by atoms with Gasteiger partial charge in [0, 0.05) is 26.2 Å². The van der Waals surface area contributed by atoms with Gasteiger partial charge in [-0.2, -0.15) is 0 Å². The summed E-state index contributed by atoms with van der Waals surface area (Å²) in [4.78, 5) is 48.8. The zero-order valence-corrected chi connectivity index (χ0v) is 28.5. The normalized spacial score (nSPS) is 16.1. The molecule has 2 aliphatic heterocycles. The Bertz CT molecular complexity index is 1400. The highest BCUT2D eigenvalue weighted by Gasteiger charge is 2.39. The lowest BCUT2D eigenvalue weighted by Crippen LogP contribution is -2.46. The summed E-state index contributed by atoms with van der Waals surface area (Å²) in [6.45, 7) is 9.58. The van der Waals surface area contributed by atoms with Gasteiger partial charge in [-0.05, 0) is 42.0 Å². The Kier molecular flexibility index (Phi) is 13.9. The second-order valence-corrected chi connectivity index (χ2v) is 12.7. The van der Waals surface area contributed by atoms with E-state index in [1.54, 1.807) is 6.92 Å². The minimum absolute atomic E-state index is 0.0783. The van der Waals surface area contributed by atoms with Crippen LogP contribution in [-0.4, -0.2) is 76.7 Å². The van der Waals surface area contributed by atoms with Crippen LogP contribution in [0.2, 0.25) is 0 Å². The minimum atomic E-state index is -0.691. The number of carbonyl (C=O) groups excluding carboxylic acids is 4. The fourth-order valence-electron chi connectivity index (χ4n) is 5.00. The van der Waals surface area contributed by atoms with E-state index < -0.39 is 30.5 Å². The van der Waals surface area contributed by atoms with Gasteiger partial charge in [-0.3, -0.25) is 0 Å². The molecule has 0 bridgehead atoms. The third kappa shape index (κ3) is 12.1. The third-order valence-electron chi connectivity index (χ3n) is 8.64. The molecule has 4 N–H and O–H groups in total. The van der Waals surface area contributed by atoms with Crippen molar-refractivity contribution in [1.29, 1.82) is 0 Å². The second kappa shape index (κ2) is 18.3. The van der Waals surface area contributed by atoms with Crippen molar-refractivity contribution >= 4 is 24.4 Å². The molecule has 14 heteroatoms. The number of alkyl carbamates (subject to hydrolysis) is 4. The number of nitrogens with one attached hydrogen (secondary N) is 4. The van der Waals surface area contributed by atoms with Crippen LogP contribution in [0.5, 0.6) is 0 Å². The maximum absolute atomic E-state index is 12.3. The van der Waals surface area contributed by atoms with Crippen molar-refractivity contribution in [3.8, 4) is 0 Å². The molecule has 2 aliphatic rings. The number of carbonyl (C=O) groups is 4. The van der Waals surface area contributed by atoms with E-state index in [1.165, 1.54) is 0 Å². The van der Waals surface area contributed by atoms with Crippen LogP contribution in [-0.2, 0) is 54.6 Å². The van der Waals surface area contributed by atoms with E-state index in [2.05, 4.69) is 35.1 Å². The molecule has 0 saturated carbocycles. The lowest BCUT2D eigenvalue weighted by Gasteiger charge is -2.39. The first kappa shape index (κ1) is 37.3. The average Bonchev–Trinajstić information content (AvgIpc) is 3.07. The molecule has 14 nitrogen and oxygen atoms in total. The minimum Gasteiger partial charge on any atom is -0.449 e. The van der Waals surface area contributed by atoms with Gasteiger partial charge < -0.3 is 49.7 Å². The van der Waals surface area contributed by atoms with Crippen molar-refractivity contribution < 1.29 is 47.6 Å². The van der Waals surface area contributed by atoms with Crippen molar-refractivity contribution in [1.82, 2.24) is 21.3 Å². The van der Waals surface area contributed by atoms with E-state index in [1.807, 2.05) is 48.5 Å². The highest BCUT2D eigenvalue weighted by Crippen LogP contribution is 2.32. The van der Waals surface area contributed by atoms with Gasteiger partial charge in [-0.15, -0.1) is 0 Å². The van der Waals surface area contributed by atoms with Gasteiger partial charge in [-0.1, -0.05) is 62.4 Å². The maximum atomic E-state index is 12.3. The molecule has 49 heavy (non-hydrogen) atoms. The summed E-state index contributed by atoms with van der Waals surface area (Å²) >= 11 is 0. The van der Waals surface area contributed by atoms with Crippen LogP contribution >= 0.6 is 0 Å². The second-order valence-electron chi connectivity index (χ2n) is 12.7. The van der Waals surface area contributed by atoms with Crippen LogP contribution in [0.1, 0.15) is 55.9 Å². The first-order valence-corrected chi connectivity index (χ1v) is 16.6. The first-order valence-electron chi connectivity index (χ1n) is 16.6. The van der Waals surface area contributed by atoms with Crippen molar-refractivity contribution in [3.63, 3.8) is 0 Å². The summed E-state index contributed by atoms with van der Waals surface area (Å²) in [7, 11) is 0. The predicted octanol–water partition coefficient (Wildman–Crippen LogP) is 4.53. The number of amides is 4. The van der Waals surface area contributed by atoms with Crippen LogP contribution in [0.3, 0.4) is 0 Å². The molecule has 2 fully saturated rings. The molecule has 268 valence electrons. The van der Waals surface area contributed by atoms with E-state index in [0.717, 1.165) is 35.1 Å². The van der Waals surface area contributed by atoms with Crippen LogP contribution in [0.15, 0.2) is 48.5 Å². The number of ether oxygens (including phenoxy) is 6. The summed E-state index contributed by atoms with van der Waals surface area (Å²) in [5.41, 5.74) is 3.16.